The molecule has 3 nitrogen and oxygen atoms in total. The standard InChI is InChI=1S/C11H5Cl3F3N3/c12-5-2-1-3-6(13)9(5)19-8-4-7(11(15,16)17)18-10(14)20-8/h1-4H,(H,18,19,20). The van der Waals surface area contributed by atoms with Crippen molar-refractivity contribution in [3.63, 3.8) is 0 Å². The third-order valence-electron chi connectivity index (χ3n) is 2.21. The molecule has 2 rings (SSSR count). The van der Waals surface area contributed by atoms with Crippen LogP contribution >= 0.6 is 34.8 Å². The third-order valence-corrected chi connectivity index (χ3v) is 3.00. The number of nitrogens with one attached hydrogen (secondary N) is 1. The van der Waals surface area contributed by atoms with Crippen molar-refractivity contribution in [3.05, 3.63) is 45.3 Å². The summed E-state index contributed by atoms with van der Waals surface area (Å²) >= 11 is 17.3. The summed E-state index contributed by atoms with van der Waals surface area (Å²) in [6.07, 6.45) is -4.63. The first kappa shape index (κ1) is 15.2. The predicted octanol–water partition coefficient (Wildman–Crippen LogP) is 5.20. The molecule has 106 valence electrons. The van der Waals surface area contributed by atoms with E-state index in [1.807, 2.05) is 0 Å². The van der Waals surface area contributed by atoms with Crippen molar-refractivity contribution in [3.8, 4) is 0 Å². The summed E-state index contributed by atoms with van der Waals surface area (Å²) in [5.74, 6) is -0.160. The highest BCUT2D eigenvalue weighted by molar-refractivity contribution is 6.39. The Morgan fingerprint density at radius 1 is 1.00 bits per heavy atom. The minimum absolute atomic E-state index is 0.160. The van der Waals surface area contributed by atoms with Gasteiger partial charge >= 0.3 is 6.18 Å². The van der Waals surface area contributed by atoms with Crippen LogP contribution < -0.4 is 5.32 Å². The van der Waals surface area contributed by atoms with Crippen LogP contribution in [0, 0.1) is 0 Å². The fourth-order valence-corrected chi connectivity index (χ4v) is 2.05. The summed E-state index contributed by atoms with van der Waals surface area (Å²) in [6, 6.07) is 5.38. The van der Waals surface area contributed by atoms with E-state index in [2.05, 4.69) is 15.3 Å². The number of aromatic nitrogens is 2. The van der Waals surface area contributed by atoms with Crippen LogP contribution in [0.5, 0.6) is 0 Å². The quantitative estimate of drug-likeness (QED) is 0.762. The van der Waals surface area contributed by atoms with Gasteiger partial charge in [0, 0.05) is 6.07 Å². The van der Waals surface area contributed by atoms with Gasteiger partial charge in [-0.1, -0.05) is 29.3 Å². The lowest BCUT2D eigenvalue weighted by molar-refractivity contribution is -0.141. The van der Waals surface area contributed by atoms with Crippen molar-refractivity contribution >= 4 is 46.3 Å². The second kappa shape index (κ2) is 5.63. The summed E-state index contributed by atoms with van der Waals surface area (Å²) in [6.45, 7) is 0. The van der Waals surface area contributed by atoms with Crippen LogP contribution in [0.3, 0.4) is 0 Å². The van der Waals surface area contributed by atoms with Crippen molar-refractivity contribution in [2.75, 3.05) is 5.32 Å². The van der Waals surface area contributed by atoms with Gasteiger partial charge in [0.15, 0.2) is 5.69 Å². The lowest BCUT2D eigenvalue weighted by atomic mass is 10.3. The highest BCUT2D eigenvalue weighted by Gasteiger charge is 2.33. The molecule has 0 aliphatic rings. The summed E-state index contributed by atoms with van der Waals surface area (Å²) in [4.78, 5) is 6.77. The van der Waals surface area contributed by atoms with Crippen LogP contribution in [0.15, 0.2) is 24.3 Å². The van der Waals surface area contributed by atoms with Gasteiger partial charge in [0.1, 0.15) is 5.82 Å². The average molecular weight is 343 g/mol. The molecule has 0 amide bonds. The van der Waals surface area contributed by atoms with Crippen LogP contribution in [-0.2, 0) is 6.18 Å². The number of alkyl halides is 3. The molecule has 0 atom stereocenters. The number of benzene rings is 1. The van der Waals surface area contributed by atoms with Crippen LogP contribution in [0.2, 0.25) is 15.3 Å². The molecule has 1 aromatic heterocycles. The SMILES string of the molecule is FC(F)(F)c1cc(Nc2c(Cl)cccc2Cl)nc(Cl)n1. The number of para-hydroxylation sites is 1. The molecule has 1 heterocycles. The van der Waals surface area contributed by atoms with Gasteiger partial charge in [-0.15, -0.1) is 0 Å². The zero-order valence-corrected chi connectivity index (χ0v) is 11.7. The Balaban J connectivity index is 2.42. The monoisotopic (exact) mass is 341 g/mol. The van der Waals surface area contributed by atoms with Crippen molar-refractivity contribution in [2.45, 2.75) is 6.18 Å². The topological polar surface area (TPSA) is 37.8 Å². The molecule has 1 aromatic carbocycles. The zero-order chi connectivity index (χ0) is 14.9. The second-order valence-corrected chi connectivity index (χ2v) is 4.78. The summed E-state index contributed by atoms with van der Waals surface area (Å²) in [7, 11) is 0. The van der Waals surface area contributed by atoms with Crippen molar-refractivity contribution in [2.24, 2.45) is 0 Å². The minimum atomic E-state index is -4.63. The fourth-order valence-electron chi connectivity index (χ4n) is 1.37. The second-order valence-electron chi connectivity index (χ2n) is 3.63. The molecular weight excluding hydrogens is 337 g/mol. The van der Waals surface area contributed by atoms with Gasteiger partial charge in [-0.2, -0.15) is 13.2 Å². The van der Waals surface area contributed by atoms with E-state index in [4.69, 9.17) is 34.8 Å². The van der Waals surface area contributed by atoms with Crippen LogP contribution in [0.25, 0.3) is 0 Å². The van der Waals surface area contributed by atoms with Gasteiger partial charge in [-0.3, -0.25) is 0 Å². The van der Waals surface area contributed by atoms with Gasteiger partial charge in [-0.25, -0.2) is 9.97 Å². The summed E-state index contributed by atoms with van der Waals surface area (Å²) in [5, 5.41) is 2.53. The summed E-state index contributed by atoms with van der Waals surface area (Å²) in [5.41, 5.74) is -0.929. The molecule has 0 spiro atoms. The Labute approximate surface area is 126 Å². The average Bonchev–Trinajstić information content (AvgIpc) is 2.32. The number of nitrogens with zero attached hydrogens (tertiary/aromatic N) is 2. The predicted molar refractivity (Wildman–Crippen MR) is 71.8 cm³/mol. The molecule has 0 saturated carbocycles. The van der Waals surface area contributed by atoms with E-state index in [0.29, 0.717) is 6.07 Å². The van der Waals surface area contributed by atoms with Crippen LogP contribution in [0.4, 0.5) is 24.7 Å². The number of hydrogen-bond acceptors (Lipinski definition) is 3. The largest absolute Gasteiger partial charge is 0.433 e. The van der Waals surface area contributed by atoms with Crippen molar-refractivity contribution in [1.82, 2.24) is 9.97 Å². The Hall–Kier alpha value is -1.24. The van der Waals surface area contributed by atoms with Gasteiger partial charge in [0.25, 0.3) is 0 Å². The normalized spacial score (nSPS) is 11.5. The molecule has 0 unspecified atom stereocenters. The van der Waals surface area contributed by atoms with Gasteiger partial charge in [0.2, 0.25) is 5.28 Å². The first-order valence-electron chi connectivity index (χ1n) is 5.10. The van der Waals surface area contributed by atoms with Crippen molar-refractivity contribution in [1.29, 1.82) is 0 Å². The first-order valence-corrected chi connectivity index (χ1v) is 6.23. The smallest absolute Gasteiger partial charge is 0.338 e. The van der Waals surface area contributed by atoms with Gasteiger partial charge < -0.3 is 5.32 Å². The Morgan fingerprint density at radius 3 is 2.15 bits per heavy atom. The lowest BCUT2D eigenvalue weighted by Gasteiger charge is -2.12. The maximum Gasteiger partial charge on any atom is 0.433 e. The number of rotatable bonds is 2. The van der Waals surface area contributed by atoms with E-state index in [1.54, 1.807) is 6.07 Å². The molecule has 0 saturated heterocycles. The molecule has 1 N–H and O–H groups in total. The molecule has 0 bridgehead atoms. The Kier molecular flexibility index (Phi) is 4.27. The van der Waals surface area contributed by atoms with Gasteiger partial charge in [-0.05, 0) is 23.7 Å². The highest BCUT2D eigenvalue weighted by Crippen LogP contribution is 2.34. The Morgan fingerprint density at radius 2 is 1.60 bits per heavy atom. The van der Waals surface area contributed by atoms with E-state index in [1.165, 1.54) is 12.1 Å². The molecule has 20 heavy (non-hydrogen) atoms. The van der Waals surface area contributed by atoms with Gasteiger partial charge in [0.05, 0.1) is 15.7 Å². The first-order chi connectivity index (χ1) is 9.27. The third kappa shape index (κ3) is 3.45. The van der Waals surface area contributed by atoms with Crippen LogP contribution in [-0.4, -0.2) is 9.97 Å². The van der Waals surface area contributed by atoms with E-state index in [-0.39, 0.29) is 21.6 Å². The van der Waals surface area contributed by atoms with E-state index in [9.17, 15) is 13.2 Å². The number of hydrogen-bond donors (Lipinski definition) is 1. The maximum atomic E-state index is 12.6. The molecule has 0 aliphatic carbocycles. The van der Waals surface area contributed by atoms with E-state index >= 15 is 0 Å². The highest BCUT2D eigenvalue weighted by atomic mass is 35.5. The lowest BCUT2D eigenvalue weighted by Crippen LogP contribution is -2.10. The Bertz CT molecular complexity index is 626. The zero-order valence-electron chi connectivity index (χ0n) is 9.47. The molecule has 0 aliphatic heterocycles. The molecule has 2 aromatic rings. The molecule has 0 fully saturated rings. The van der Waals surface area contributed by atoms with E-state index < -0.39 is 17.2 Å². The van der Waals surface area contributed by atoms with E-state index in [0.717, 1.165) is 0 Å². The molecular formula is C11H5Cl3F3N3. The maximum absolute atomic E-state index is 12.6. The minimum Gasteiger partial charge on any atom is -0.338 e. The van der Waals surface area contributed by atoms with Crippen molar-refractivity contribution < 1.29 is 13.2 Å². The molecule has 0 radical (unpaired) electrons. The molecule has 9 heteroatoms. The number of halogens is 6. The number of anilines is 2. The fraction of sp³-hybridized carbons (Fsp3) is 0.0909. The van der Waals surface area contributed by atoms with Crippen LogP contribution in [0.1, 0.15) is 5.69 Å². The summed E-state index contributed by atoms with van der Waals surface area (Å²) < 4.78 is 37.8.